The number of fused-ring (bicyclic) bond motifs is 2. The van der Waals surface area contributed by atoms with Gasteiger partial charge in [0.25, 0.3) is 0 Å². The van der Waals surface area contributed by atoms with E-state index in [0.717, 1.165) is 30.7 Å². The normalized spacial score (nSPS) is 37.0. The number of hydrogen-bond donors (Lipinski definition) is 1. The highest BCUT2D eigenvalue weighted by atomic mass is 32.2. The molecule has 0 amide bonds. The van der Waals surface area contributed by atoms with E-state index in [1.54, 1.807) is 11.2 Å². The summed E-state index contributed by atoms with van der Waals surface area (Å²) in [6, 6.07) is 1.26. The second-order valence-electron chi connectivity index (χ2n) is 6.52. The summed E-state index contributed by atoms with van der Waals surface area (Å²) in [5.41, 5.74) is 0. The molecule has 4 nitrogen and oxygen atoms in total. The first-order valence-electron chi connectivity index (χ1n) is 7.82. The molecule has 3 fully saturated rings. The predicted molar refractivity (Wildman–Crippen MR) is 76.4 cm³/mol. The van der Waals surface area contributed by atoms with Crippen LogP contribution in [0.2, 0.25) is 0 Å². The smallest absolute Gasteiger partial charge is 0.213 e. The Hall–Kier alpha value is -0.130. The Morgan fingerprint density at radius 2 is 1.84 bits per heavy atom. The van der Waals surface area contributed by atoms with Gasteiger partial charge in [-0.15, -0.1) is 0 Å². The van der Waals surface area contributed by atoms with Crippen molar-refractivity contribution < 1.29 is 8.42 Å². The first kappa shape index (κ1) is 13.8. The Bertz CT molecular complexity index is 415. The molecular weight excluding hydrogens is 260 g/mol. The maximum atomic E-state index is 11.8. The third-order valence-corrected chi connectivity index (χ3v) is 7.28. The van der Waals surface area contributed by atoms with Crippen LogP contribution in [0.15, 0.2) is 0 Å². The lowest BCUT2D eigenvalue weighted by Gasteiger charge is -2.35. The molecule has 1 saturated heterocycles. The Kier molecular flexibility index (Phi) is 3.89. The summed E-state index contributed by atoms with van der Waals surface area (Å²) >= 11 is 0. The summed E-state index contributed by atoms with van der Waals surface area (Å²) in [5, 5.41) is 3.82. The highest BCUT2D eigenvalue weighted by Gasteiger charge is 2.40. The molecular formula is C14H26N2O2S. The fourth-order valence-corrected chi connectivity index (χ4v) is 5.37. The van der Waals surface area contributed by atoms with Crippen molar-refractivity contribution in [2.75, 3.05) is 18.8 Å². The lowest BCUT2D eigenvalue weighted by atomic mass is 9.93. The van der Waals surface area contributed by atoms with Crippen molar-refractivity contribution in [3.8, 4) is 0 Å². The first-order valence-corrected chi connectivity index (χ1v) is 9.43. The van der Waals surface area contributed by atoms with Gasteiger partial charge in [-0.1, -0.05) is 6.42 Å². The highest BCUT2D eigenvalue weighted by Crippen LogP contribution is 2.44. The van der Waals surface area contributed by atoms with E-state index in [1.807, 2.05) is 0 Å². The number of piperidine rings is 1. The van der Waals surface area contributed by atoms with Crippen LogP contribution in [0.25, 0.3) is 0 Å². The van der Waals surface area contributed by atoms with Gasteiger partial charge in [0, 0.05) is 25.2 Å². The Balaban J connectivity index is 1.48. The topological polar surface area (TPSA) is 49.4 Å². The van der Waals surface area contributed by atoms with Crippen LogP contribution in [-0.4, -0.2) is 43.6 Å². The first-order chi connectivity index (χ1) is 9.08. The average Bonchev–Trinajstić information content (AvgIpc) is 3.02. The minimum Gasteiger partial charge on any atom is -0.311 e. The molecule has 2 aliphatic carbocycles. The average molecular weight is 286 g/mol. The van der Waals surface area contributed by atoms with E-state index in [-0.39, 0.29) is 5.75 Å². The lowest BCUT2D eigenvalue weighted by Crippen LogP contribution is -2.49. The van der Waals surface area contributed by atoms with Gasteiger partial charge in [-0.25, -0.2) is 12.7 Å². The molecule has 1 aliphatic heterocycles. The Labute approximate surface area is 117 Å². The molecule has 110 valence electrons. The lowest BCUT2D eigenvalue weighted by molar-refractivity contribution is 0.244. The maximum absolute atomic E-state index is 11.8. The van der Waals surface area contributed by atoms with E-state index in [0.29, 0.717) is 19.1 Å². The summed E-state index contributed by atoms with van der Waals surface area (Å²) in [6.45, 7) is 3.14. The van der Waals surface area contributed by atoms with Gasteiger partial charge in [-0.3, -0.25) is 0 Å². The SMILES string of the molecule is CCS(=O)(=O)N1CCC(NC2CC3CCC2C3)CC1. The van der Waals surface area contributed by atoms with Gasteiger partial charge < -0.3 is 5.32 Å². The zero-order valence-electron chi connectivity index (χ0n) is 11.8. The summed E-state index contributed by atoms with van der Waals surface area (Å²) in [7, 11) is -2.97. The fraction of sp³-hybridized carbons (Fsp3) is 1.00. The monoisotopic (exact) mass is 286 g/mol. The van der Waals surface area contributed by atoms with Crippen LogP contribution >= 0.6 is 0 Å². The molecule has 2 bridgehead atoms. The second kappa shape index (κ2) is 5.34. The van der Waals surface area contributed by atoms with E-state index >= 15 is 0 Å². The number of nitrogens with one attached hydrogen (secondary N) is 1. The van der Waals surface area contributed by atoms with Gasteiger partial charge in [0.15, 0.2) is 0 Å². The van der Waals surface area contributed by atoms with Gasteiger partial charge in [0.1, 0.15) is 0 Å². The van der Waals surface area contributed by atoms with E-state index < -0.39 is 10.0 Å². The molecule has 3 unspecified atom stereocenters. The van der Waals surface area contributed by atoms with Gasteiger partial charge in [-0.05, 0) is 50.9 Å². The van der Waals surface area contributed by atoms with E-state index in [4.69, 9.17) is 0 Å². The number of sulfonamides is 1. The van der Waals surface area contributed by atoms with Crippen molar-refractivity contribution in [1.29, 1.82) is 0 Å². The third kappa shape index (κ3) is 2.83. The van der Waals surface area contributed by atoms with Gasteiger partial charge in [0.2, 0.25) is 10.0 Å². The zero-order valence-corrected chi connectivity index (χ0v) is 12.7. The highest BCUT2D eigenvalue weighted by molar-refractivity contribution is 7.89. The van der Waals surface area contributed by atoms with Crippen molar-refractivity contribution in [2.24, 2.45) is 11.8 Å². The minimum absolute atomic E-state index is 0.234. The number of nitrogens with zero attached hydrogens (tertiary/aromatic N) is 1. The quantitative estimate of drug-likeness (QED) is 0.853. The summed E-state index contributed by atoms with van der Waals surface area (Å²) in [6.07, 6.45) is 7.60. The van der Waals surface area contributed by atoms with E-state index in [1.165, 1.54) is 25.7 Å². The van der Waals surface area contributed by atoms with Crippen LogP contribution in [-0.2, 0) is 10.0 Å². The van der Waals surface area contributed by atoms with Gasteiger partial charge >= 0.3 is 0 Å². The second-order valence-corrected chi connectivity index (χ2v) is 8.78. The Morgan fingerprint density at radius 1 is 1.11 bits per heavy atom. The van der Waals surface area contributed by atoms with Crippen LogP contribution in [0.3, 0.4) is 0 Å². The summed E-state index contributed by atoms with van der Waals surface area (Å²) in [5.74, 6) is 2.11. The van der Waals surface area contributed by atoms with E-state index in [2.05, 4.69) is 5.32 Å². The molecule has 3 rings (SSSR count). The van der Waals surface area contributed by atoms with Crippen LogP contribution < -0.4 is 5.32 Å². The Morgan fingerprint density at radius 3 is 2.37 bits per heavy atom. The zero-order chi connectivity index (χ0) is 13.5. The molecule has 0 aromatic carbocycles. The standard InChI is InChI=1S/C14H26N2O2S/c1-2-19(17,18)16-7-5-13(6-8-16)15-14-10-11-3-4-12(14)9-11/h11-15H,2-10H2,1H3. The predicted octanol–water partition coefficient (Wildman–Crippen LogP) is 1.58. The molecule has 0 spiro atoms. The van der Waals surface area contributed by atoms with Crippen molar-refractivity contribution in [3.63, 3.8) is 0 Å². The molecule has 3 aliphatic rings. The van der Waals surface area contributed by atoms with Crippen molar-refractivity contribution in [3.05, 3.63) is 0 Å². The molecule has 0 radical (unpaired) electrons. The molecule has 3 atom stereocenters. The number of rotatable bonds is 4. The van der Waals surface area contributed by atoms with Crippen LogP contribution in [0.4, 0.5) is 0 Å². The molecule has 5 heteroatoms. The maximum Gasteiger partial charge on any atom is 0.213 e. The third-order valence-electron chi connectivity index (χ3n) is 5.40. The largest absolute Gasteiger partial charge is 0.311 e. The molecule has 0 aromatic heterocycles. The molecule has 0 aromatic rings. The summed E-state index contributed by atoms with van der Waals surface area (Å²) < 4.78 is 25.3. The molecule has 2 saturated carbocycles. The molecule has 19 heavy (non-hydrogen) atoms. The van der Waals surface area contributed by atoms with Gasteiger partial charge in [0.05, 0.1) is 5.75 Å². The van der Waals surface area contributed by atoms with Crippen molar-refractivity contribution in [2.45, 2.75) is 57.5 Å². The van der Waals surface area contributed by atoms with Crippen molar-refractivity contribution in [1.82, 2.24) is 9.62 Å². The van der Waals surface area contributed by atoms with Crippen molar-refractivity contribution >= 4 is 10.0 Å². The summed E-state index contributed by atoms with van der Waals surface area (Å²) in [4.78, 5) is 0. The fourth-order valence-electron chi connectivity index (χ4n) is 4.23. The minimum atomic E-state index is -2.97. The molecule has 1 N–H and O–H groups in total. The van der Waals surface area contributed by atoms with Gasteiger partial charge in [-0.2, -0.15) is 0 Å². The van der Waals surface area contributed by atoms with E-state index in [9.17, 15) is 8.42 Å². The molecule has 1 heterocycles. The van der Waals surface area contributed by atoms with Crippen LogP contribution in [0.1, 0.15) is 45.4 Å². The number of hydrogen-bond acceptors (Lipinski definition) is 3. The van der Waals surface area contributed by atoms with Crippen LogP contribution in [0, 0.1) is 11.8 Å². The van der Waals surface area contributed by atoms with Crippen LogP contribution in [0.5, 0.6) is 0 Å².